The molecule has 0 saturated heterocycles. The first-order valence-electron chi connectivity index (χ1n) is 2.76. The second-order valence-corrected chi connectivity index (χ2v) is 2.52. The summed E-state index contributed by atoms with van der Waals surface area (Å²) in [5.74, 6) is 0.442. The summed E-state index contributed by atoms with van der Waals surface area (Å²) in [6, 6.07) is 1.64. The van der Waals surface area contributed by atoms with Gasteiger partial charge in [0.05, 0.1) is 7.11 Å². The Bertz CT molecular complexity index is 255. The Labute approximate surface area is 67.0 Å². The number of methoxy groups -OCH3 is 1. The van der Waals surface area contributed by atoms with Crippen LogP contribution in [0, 0.1) is 0 Å². The molecule has 11 heavy (non-hydrogen) atoms. The van der Waals surface area contributed by atoms with Crippen LogP contribution in [0.15, 0.2) is 11.4 Å². The van der Waals surface area contributed by atoms with E-state index in [4.69, 9.17) is 9.84 Å². The SMILES string of the molecule is COc1ccsc1OC(=O)O. The van der Waals surface area contributed by atoms with Crippen LogP contribution < -0.4 is 9.47 Å². The molecule has 4 nitrogen and oxygen atoms in total. The maximum absolute atomic E-state index is 10.1. The Morgan fingerprint density at radius 3 is 3.00 bits per heavy atom. The molecule has 1 N–H and O–H groups in total. The van der Waals surface area contributed by atoms with Crippen molar-refractivity contribution in [1.82, 2.24) is 0 Å². The van der Waals surface area contributed by atoms with Crippen molar-refractivity contribution >= 4 is 17.5 Å². The third kappa shape index (κ3) is 1.84. The van der Waals surface area contributed by atoms with E-state index in [9.17, 15) is 4.79 Å². The molecular weight excluding hydrogens is 168 g/mol. The van der Waals surface area contributed by atoms with Crippen molar-refractivity contribution in [2.45, 2.75) is 0 Å². The summed E-state index contributed by atoms with van der Waals surface area (Å²) in [6.07, 6.45) is -1.33. The quantitative estimate of drug-likeness (QED) is 0.695. The molecule has 0 radical (unpaired) electrons. The van der Waals surface area contributed by atoms with Gasteiger partial charge in [-0.3, -0.25) is 0 Å². The van der Waals surface area contributed by atoms with Crippen molar-refractivity contribution in [3.05, 3.63) is 11.4 Å². The summed E-state index contributed by atoms with van der Waals surface area (Å²) in [6.45, 7) is 0. The first-order valence-corrected chi connectivity index (χ1v) is 3.64. The molecule has 1 aromatic rings. The van der Waals surface area contributed by atoms with Crippen LogP contribution >= 0.6 is 11.3 Å². The summed E-state index contributed by atoms with van der Waals surface area (Å²) in [7, 11) is 1.46. The van der Waals surface area contributed by atoms with Crippen molar-refractivity contribution in [1.29, 1.82) is 0 Å². The fraction of sp³-hybridized carbons (Fsp3) is 0.167. The van der Waals surface area contributed by atoms with E-state index in [1.807, 2.05) is 0 Å². The first-order chi connectivity index (χ1) is 5.24. The van der Waals surface area contributed by atoms with E-state index in [0.29, 0.717) is 5.75 Å². The summed E-state index contributed by atoms with van der Waals surface area (Å²) >= 11 is 1.17. The summed E-state index contributed by atoms with van der Waals surface area (Å²) in [5, 5.41) is 10.2. The Kier molecular flexibility index (Phi) is 2.32. The topological polar surface area (TPSA) is 55.8 Å². The van der Waals surface area contributed by atoms with Gasteiger partial charge in [-0.05, 0) is 11.4 Å². The third-order valence-corrected chi connectivity index (χ3v) is 1.77. The second kappa shape index (κ2) is 3.25. The number of rotatable bonds is 2. The molecule has 1 aromatic heterocycles. The van der Waals surface area contributed by atoms with Gasteiger partial charge in [0.2, 0.25) is 5.06 Å². The minimum atomic E-state index is -1.33. The molecule has 0 atom stereocenters. The van der Waals surface area contributed by atoms with Gasteiger partial charge in [0, 0.05) is 0 Å². The molecular formula is C6H6O4S. The molecule has 0 unspecified atom stereocenters. The third-order valence-electron chi connectivity index (χ3n) is 0.996. The van der Waals surface area contributed by atoms with Crippen LogP contribution in [0.1, 0.15) is 0 Å². The highest BCUT2D eigenvalue weighted by atomic mass is 32.1. The van der Waals surface area contributed by atoms with E-state index in [-0.39, 0.29) is 5.06 Å². The number of thiophene rings is 1. The molecule has 0 aliphatic carbocycles. The second-order valence-electron chi connectivity index (χ2n) is 1.64. The molecule has 0 aliphatic heterocycles. The average molecular weight is 174 g/mol. The van der Waals surface area contributed by atoms with Crippen LogP contribution in [0.4, 0.5) is 4.79 Å². The largest absolute Gasteiger partial charge is 0.512 e. The van der Waals surface area contributed by atoms with Crippen molar-refractivity contribution in [3.8, 4) is 10.8 Å². The lowest BCUT2D eigenvalue weighted by atomic mass is 10.6. The number of ether oxygens (including phenoxy) is 2. The molecule has 0 bridgehead atoms. The average Bonchev–Trinajstić information content (AvgIpc) is 2.34. The zero-order chi connectivity index (χ0) is 8.27. The van der Waals surface area contributed by atoms with E-state index in [1.54, 1.807) is 11.4 Å². The molecule has 1 heterocycles. The maximum atomic E-state index is 10.1. The molecule has 60 valence electrons. The van der Waals surface area contributed by atoms with Gasteiger partial charge >= 0.3 is 6.16 Å². The monoisotopic (exact) mass is 174 g/mol. The molecule has 0 aliphatic rings. The van der Waals surface area contributed by atoms with Gasteiger partial charge in [-0.2, -0.15) is 0 Å². The highest BCUT2D eigenvalue weighted by Gasteiger charge is 2.08. The van der Waals surface area contributed by atoms with Crippen LogP contribution in [-0.2, 0) is 0 Å². The van der Waals surface area contributed by atoms with Gasteiger partial charge in [0.25, 0.3) is 0 Å². The number of hydrogen-bond acceptors (Lipinski definition) is 4. The molecule has 1 rings (SSSR count). The fourth-order valence-electron chi connectivity index (χ4n) is 0.589. The maximum Gasteiger partial charge on any atom is 0.512 e. The minimum Gasteiger partial charge on any atom is -0.492 e. The Morgan fingerprint density at radius 1 is 1.73 bits per heavy atom. The van der Waals surface area contributed by atoms with E-state index in [2.05, 4.69) is 4.74 Å². The Hall–Kier alpha value is -1.23. The van der Waals surface area contributed by atoms with Gasteiger partial charge < -0.3 is 14.6 Å². The van der Waals surface area contributed by atoms with Crippen LogP contribution in [0.3, 0.4) is 0 Å². The predicted molar refractivity (Wildman–Crippen MR) is 39.5 cm³/mol. The van der Waals surface area contributed by atoms with Crippen LogP contribution in [-0.4, -0.2) is 18.4 Å². The Balaban J connectivity index is 2.76. The molecule has 0 fully saturated rings. The van der Waals surface area contributed by atoms with E-state index in [1.165, 1.54) is 18.4 Å². The number of hydrogen-bond donors (Lipinski definition) is 1. The highest BCUT2D eigenvalue weighted by molar-refractivity contribution is 7.12. The zero-order valence-electron chi connectivity index (χ0n) is 5.73. The van der Waals surface area contributed by atoms with Crippen molar-refractivity contribution < 1.29 is 19.4 Å². The minimum absolute atomic E-state index is 0.264. The van der Waals surface area contributed by atoms with Crippen LogP contribution in [0.25, 0.3) is 0 Å². The van der Waals surface area contributed by atoms with E-state index in [0.717, 1.165) is 0 Å². The smallest absolute Gasteiger partial charge is 0.492 e. The summed E-state index contributed by atoms with van der Waals surface area (Å²) in [5.41, 5.74) is 0. The van der Waals surface area contributed by atoms with Gasteiger partial charge in [-0.1, -0.05) is 0 Å². The molecule has 0 saturated carbocycles. The molecule has 0 amide bonds. The fourth-order valence-corrected chi connectivity index (χ4v) is 1.29. The number of carbonyl (C=O) groups is 1. The first kappa shape index (κ1) is 7.87. The lowest BCUT2D eigenvalue weighted by Gasteiger charge is -1.98. The molecule has 0 aromatic carbocycles. The van der Waals surface area contributed by atoms with Gasteiger partial charge in [-0.15, -0.1) is 11.3 Å². The van der Waals surface area contributed by atoms with Crippen LogP contribution in [0.2, 0.25) is 0 Å². The van der Waals surface area contributed by atoms with Crippen molar-refractivity contribution in [2.24, 2.45) is 0 Å². The molecule has 5 heteroatoms. The standard InChI is InChI=1S/C6H6O4S/c1-9-4-2-3-11-5(4)10-6(7)8/h2-3H,1H3,(H,7,8). The van der Waals surface area contributed by atoms with Crippen LogP contribution in [0.5, 0.6) is 10.8 Å². The van der Waals surface area contributed by atoms with Crippen molar-refractivity contribution in [2.75, 3.05) is 7.11 Å². The Morgan fingerprint density at radius 2 is 2.45 bits per heavy atom. The normalized spacial score (nSPS) is 9.18. The van der Waals surface area contributed by atoms with E-state index < -0.39 is 6.16 Å². The lowest BCUT2D eigenvalue weighted by Crippen LogP contribution is -2.02. The molecule has 0 spiro atoms. The van der Waals surface area contributed by atoms with Gasteiger partial charge in [0.15, 0.2) is 5.75 Å². The zero-order valence-corrected chi connectivity index (χ0v) is 6.55. The van der Waals surface area contributed by atoms with Crippen molar-refractivity contribution in [3.63, 3.8) is 0 Å². The lowest BCUT2D eigenvalue weighted by molar-refractivity contribution is 0.144. The van der Waals surface area contributed by atoms with Gasteiger partial charge in [-0.25, -0.2) is 4.79 Å². The predicted octanol–water partition coefficient (Wildman–Crippen LogP) is 1.81. The summed E-state index contributed by atoms with van der Waals surface area (Å²) in [4.78, 5) is 10.1. The number of carboxylic acid groups (broad SMARTS) is 1. The van der Waals surface area contributed by atoms with Gasteiger partial charge in [0.1, 0.15) is 0 Å². The summed E-state index contributed by atoms with van der Waals surface area (Å²) < 4.78 is 9.19. The highest BCUT2D eigenvalue weighted by Crippen LogP contribution is 2.32. The van der Waals surface area contributed by atoms with E-state index >= 15 is 0 Å².